The molecule has 7 heavy (non-hydrogen) atoms. The average Bonchev–Trinajstić information content (AvgIpc) is 1.69. The van der Waals surface area contributed by atoms with Gasteiger partial charge >= 0.3 is 30.8 Å². The molecule has 0 fully saturated rings. The Labute approximate surface area is 53.7 Å². The van der Waals surface area contributed by atoms with Crippen molar-refractivity contribution in [3.63, 3.8) is 0 Å². The summed E-state index contributed by atoms with van der Waals surface area (Å²) in [6.07, 6.45) is 0. The molecule has 0 aromatic rings. The van der Waals surface area contributed by atoms with Gasteiger partial charge in [-0.25, -0.2) is 0 Å². The van der Waals surface area contributed by atoms with Crippen molar-refractivity contribution in [2.75, 3.05) is 0 Å². The summed E-state index contributed by atoms with van der Waals surface area (Å²) in [6.45, 7) is 0. The second-order valence-electron chi connectivity index (χ2n) is 0.325. The Bertz CT molecular complexity index is 78.8. The molecule has 0 unspecified atom stereocenters. The SMILES string of the molecule is N#CC#N.[F][Hg][F]. The molecule has 0 aliphatic rings. The van der Waals surface area contributed by atoms with E-state index in [9.17, 15) is 4.94 Å². The van der Waals surface area contributed by atoms with Crippen LogP contribution in [0.3, 0.4) is 0 Å². The van der Waals surface area contributed by atoms with Gasteiger partial charge in [-0.15, -0.1) is 0 Å². The summed E-state index contributed by atoms with van der Waals surface area (Å²) < 4.78 is 19.7. The zero-order chi connectivity index (χ0) is 6.12. The van der Waals surface area contributed by atoms with E-state index < -0.39 is 25.8 Å². The van der Waals surface area contributed by atoms with E-state index in [-0.39, 0.29) is 0 Å². The molecular formula is C2F2HgN2. The van der Waals surface area contributed by atoms with E-state index in [0.717, 1.165) is 0 Å². The third-order valence-electron chi connectivity index (χ3n) is 0.0500. The minimum absolute atomic E-state index is 1.24. The average molecular weight is 291 g/mol. The van der Waals surface area contributed by atoms with Crippen LogP contribution in [0.1, 0.15) is 0 Å². The molecule has 0 saturated carbocycles. The summed E-state index contributed by atoms with van der Waals surface area (Å²) in [6, 6.07) is 2.47. The van der Waals surface area contributed by atoms with Crippen LogP contribution in [0, 0.1) is 22.7 Å². The molecule has 2 nitrogen and oxygen atoms in total. The molecule has 0 spiro atoms. The summed E-state index contributed by atoms with van der Waals surface area (Å²) in [5.74, 6) is 0. The Morgan fingerprint density at radius 1 is 1.14 bits per heavy atom. The molecule has 0 aromatic heterocycles. The Morgan fingerprint density at radius 2 is 1.29 bits per heavy atom. The fourth-order valence-corrected chi connectivity index (χ4v) is 0. The molecule has 0 aromatic carbocycles. The Kier molecular flexibility index (Phi) is 24.2. The van der Waals surface area contributed by atoms with Crippen LogP contribution in [-0.2, 0) is 25.8 Å². The van der Waals surface area contributed by atoms with E-state index >= 15 is 0 Å². The van der Waals surface area contributed by atoms with Crippen LogP contribution in [0.15, 0.2) is 0 Å². The van der Waals surface area contributed by atoms with Crippen molar-refractivity contribution in [3.05, 3.63) is 0 Å². The number of halogens is 2. The minimum atomic E-state index is -3.08. The molecule has 34 valence electrons. The van der Waals surface area contributed by atoms with Crippen molar-refractivity contribution in [2.45, 2.75) is 0 Å². The summed E-state index contributed by atoms with van der Waals surface area (Å²) in [7, 11) is 0. The van der Waals surface area contributed by atoms with Gasteiger partial charge < -0.3 is 0 Å². The Balaban J connectivity index is 0. The molecule has 0 saturated heterocycles. The molecule has 0 bridgehead atoms. The van der Waals surface area contributed by atoms with Crippen LogP contribution in [0.2, 0.25) is 0 Å². The molecule has 0 heterocycles. The summed E-state index contributed by atoms with van der Waals surface area (Å²) in [5, 5.41) is 14.5. The van der Waals surface area contributed by atoms with Gasteiger partial charge in [-0.2, -0.15) is 10.5 Å². The number of nitriles is 2. The van der Waals surface area contributed by atoms with E-state index in [1.807, 2.05) is 0 Å². The maximum absolute atomic E-state index is 9.85. The molecule has 0 rings (SSSR count). The monoisotopic (exact) mass is 292 g/mol. The first-order valence-corrected chi connectivity index (χ1v) is 5.39. The second kappa shape index (κ2) is 17.1. The number of hydrogen-bond acceptors (Lipinski definition) is 2. The quantitative estimate of drug-likeness (QED) is 0.622. The van der Waals surface area contributed by atoms with Gasteiger partial charge in [0.25, 0.3) is 0 Å². The van der Waals surface area contributed by atoms with Gasteiger partial charge in [0.1, 0.15) is 0 Å². The summed E-state index contributed by atoms with van der Waals surface area (Å²) in [4.78, 5) is 0. The molecule has 0 amide bonds. The van der Waals surface area contributed by atoms with Gasteiger partial charge in [0.2, 0.25) is 0 Å². The summed E-state index contributed by atoms with van der Waals surface area (Å²) in [5.41, 5.74) is 0. The predicted molar refractivity (Wildman–Crippen MR) is 13.4 cm³/mol. The van der Waals surface area contributed by atoms with Crippen LogP contribution >= 0.6 is 0 Å². The number of hydrogen-bond donors (Lipinski definition) is 0. The van der Waals surface area contributed by atoms with Gasteiger partial charge in [-0.05, 0) is 0 Å². The van der Waals surface area contributed by atoms with Crippen LogP contribution in [0.4, 0.5) is 4.94 Å². The first kappa shape index (κ1) is 9.91. The maximum atomic E-state index is 9.85. The van der Waals surface area contributed by atoms with Gasteiger partial charge in [-0.3, -0.25) is 0 Å². The molecular weight excluding hydrogens is 291 g/mol. The van der Waals surface area contributed by atoms with Crippen LogP contribution in [0.25, 0.3) is 0 Å². The predicted octanol–water partition coefficient (Wildman–Crippen LogP) is 0.871. The van der Waals surface area contributed by atoms with Crippen molar-refractivity contribution in [3.8, 4) is 12.1 Å². The second-order valence-corrected chi connectivity index (χ2v) is 1.11. The van der Waals surface area contributed by atoms with Gasteiger partial charge in [0.05, 0.1) is 0 Å². The summed E-state index contributed by atoms with van der Waals surface area (Å²) >= 11 is -3.08. The van der Waals surface area contributed by atoms with Crippen molar-refractivity contribution in [1.82, 2.24) is 0 Å². The van der Waals surface area contributed by atoms with E-state index in [0.29, 0.717) is 0 Å². The normalized spacial score (nSPS) is 2.86. The molecule has 5 heteroatoms. The van der Waals surface area contributed by atoms with Gasteiger partial charge in [0, 0.05) is 0 Å². The molecule has 0 N–H and O–H groups in total. The fourth-order valence-electron chi connectivity index (χ4n) is 0. The van der Waals surface area contributed by atoms with E-state index in [1.54, 1.807) is 0 Å². The first-order valence-electron chi connectivity index (χ1n) is 1.23. The molecule has 0 aliphatic carbocycles. The molecule has 0 atom stereocenters. The standard InChI is InChI=1S/C2N2.2FH.Hg/c3-1-2-4;;;/h;2*1H;/q;;;+2/p-2. The Morgan fingerprint density at radius 3 is 1.29 bits per heavy atom. The van der Waals surface area contributed by atoms with Gasteiger partial charge in [0.15, 0.2) is 12.1 Å². The van der Waals surface area contributed by atoms with Crippen molar-refractivity contribution in [1.29, 1.82) is 10.5 Å². The van der Waals surface area contributed by atoms with Crippen LogP contribution in [0.5, 0.6) is 0 Å². The van der Waals surface area contributed by atoms with Gasteiger partial charge in [-0.1, -0.05) is 0 Å². The molecule has 0 radical (unpaired) electrons. The third kappa shape index (κ3) is 137. The van der Waals surface area contributed by atoms with Crippen molar-refractivity contribution >= 4 is 0 Å². The zero-order valence-corrected chi connectivity index (χ0v) is 8.86. The zero-order valence-electron chi connectivity index (χ0n) is 3.36. The third-order valence-corrected chi connectivity index (χ3v) is 0.0500. The topological polar surface area (TPSA) is 47.6 Å². The van der Waals surface area contributed by atoms with Crippen LogP contribution < -0.4 is 0 Å². The van der Waals surface area contributed by atoms with Crippen LogP contribution in [-0.4, -0.2) is 0 Å². The Hall–Kier alpha value is -0.225. The first-order chi connectivity index (χ1) is 3.33. The fraction of sp³-hybridized carbons (Fsp3) is 0. The van der Waals surface area contributed by atoms with E-state index in [1.165, 1.54) is 12.1 Å². The van der Waals surface area contributed by atoms with Crippen molar-refractivity contribution < 1.29 is 30.8 Å². The number of nitrogens with zero attached hydrogens (tertiary/aromatic N) is 2. The van der Waals surface area contributed by atoms with E-state index in [2.05, 4.69) is 0 Å². The van der Waals surface area contributed by atoms with Crippen molar-refractivity contribution in [2.24, 2.45) is 0 Å². The molecule has 0 aliphatic heterocycles. The number of rotatable bonds is 0. The van der Waals surface area contributed by atoms with E-state index in [4.69, 9.17) is 10.5 Å².